The van der Waals surface area contributed by atoms with Crippen molar-refractivity contribution in [2.45, 2.75) is 12.5 Å². The van der Waals surface area contributed by atoms with E-state index in [9.17, 15) is 14.4 Å². The lowest BCUT2D eigenvalue weighted by molar-refractivity contribution is -0.147. The van der Waals surface area contributed by atoms with Crippen molar-refractivity contribution in [1.29, 1.82) is 0 Å². The maximum absolute atomic E-state index is 11.8. The third-order valence-electron chi connectivity index (χ3n) is 2.40. The van der Waals surface area contributed by atoms with Crippen molar-refractivity contribution >= 4 is 55.5 Å². The number of para-hydroxylation sites is 1. The average Bonchev–Trinajstić information content (AvgIpc) is 2.42. The Morgan fingerprint density at radius 3 is 2.33 bits per heavy atom. The average molecular weight is 424 g/mol. The van der Waals surface area contributed by atoms with Crippen molar-refractivity contribution in [1.82, 2.24) is 5.32 Å². The summed E-state index contributed by atoms with van der Waals surface area (Å²) >= 11 is 6.52. The molecule has 21 heavy (non-hydrogen) atoms. The van der Waals surface area contributed by atoms with Crippen molar-refractivity contribution in [2.75, 3.05) is 12.4 Å². The minimum atomic E-state index is -1.38. The predicted molar refractivity (Wildman–Crippen MR) is 82.1 cm³/mol. The molecule has 1 rings (SSSR count). The van der Waals surface area contributed by atoms with Gasteiger partial charge in [-0.1, -0.05) is 6.07 Å². The Balaban J connectivity index is 2.74. The molecule has 1 aromatic rings. The van der Waals surface area contributed by atoms with Crippen molar-refractivity contribution in [3.8, 4) is 0 Å². The van der Waals surface area contributed by atoms with Crippen LogP contribution in [0.5, 0.6) is 0 Å². The van der Waals surface area contributed by atoms with E-state index in [4.69, 9.17) is 5.11 Å². The number of anilines is 1. The zero-order chi connectivity index (χ0) is 16.0. The van der Waals surface area contributed by atoms with Crippen molar-refractivity contribution in [3.05, 3.63) is 27.1 Å². The molecule has 0 fully saturated rings. The SMILES string of the molecule is COC(=O)C[C@H](NC(=O)Nc1c(Br)cccc1Br)C(=O)O. The van der Waals surface area contributed by atoms with Gasteiger partial charge in [0.1, 0.15) is 6.04 Å². The summed E-state index contributed by atoms with van der Waals surface area (Å²) in [5, 5.41) is 13.7. The van der Waals surface area contributed by atoms with Gasteiger partial charge in [0.2, 0.25) is 0 Å². The summed E-state index contributed by atoms with van der Waals surface area (Å²) in [5.41, 5.74) is 0.442. The number of rotatable bonds is 5. The molecule has 7 nitrogen and oxygen atoms in total. The van der Waals surface area contributed by atoms with Crippen LogP contribution in [0.15, 0.2) is 27.1 Å². The topological polar surface area (TPSA) is 105 Å². The van der Waals surface area contributed by atoms with Crippen LogP contribution in [0.1, 0.15) is 6.42 Å². The van der Waals surface area contributed by atoms with E-state index < -0.39 is 30.4 Å². The number of amides is 2. The van der Waals surface area contributed by atoms with E-state index >= 15 is 0 Å². The van der Waals surface area contributed by atoms with Crippen molar-refractivity contribution in [2.24, 2.45) is 0 Å². The highest BCUT2D eigenvalue weighted by Crippen LogP contribution is 2.30. The van der Waals surface area contributed by atoms with Crippen LogP contribution < -0.4 is 10.6 Å². The fraction of sp³-hybridized carbons (Fsp3) is 0.250. The number of nitrogens with one attached hydrogen (secondary N) is 2. The second-order valence-corrected chi connectivity index (χ2v) is 5.57. The lowest BCUT2D eigenvalue weighted by Gasteiger charge is -2.15. The molecule has 0 spiro atoms. The number of aliphatic carboxylic acids is 1. The van der Waals surface area contributed by atoms with Crippen LogP contribution in [0.4, 0.5) is 10.5 Å². The van der Waals surface area contributed by atoms with Crippen LogP contribution in [0.2, 0.25) is 0 Å². The predicted octanol–water partition coefficient (Wildman–Crippen LogP) is 2.35. The molecule has 0 bridgehead atoms. The number of carbonyl (C=O) groups is 3. The number of benzene rings is 1. The first-order valence-electron chi connectivity index (χ1n) is 5.66. The van der Waals surface area contributed by atoms with Crippen LogP contribution in [-0.4, -0.2) is 36.2 Å². The third kappa shape index (κ3) is 5.35. The van der Waals surface area contributed by atoms with Crippen molar-refractivity contribution < 1.29 is 24.2 Å². The van der Waals surface area contributed by atoms with Crippen LogP contribution in [0.3, 0.4) is 0 Å². The summed E-state index contributed by atoms with van der Waals surface area (Å²) in [4.78, 5) is 33.9. The van der Waals surface area contributed by atoms with Crippen LogP contribution in [0, 0.1) is 0 Å². The number of carboxylic acids is 1. The smallest absolute Gasteiger partial charge is 0.326 e. The van der Waals surface area contributed by atoms with Crippen LogP contribution >= 0.6 is 31.9 Å². The number of esters is 1. The maximum Gasteiger partial charge on any atom is 0.326 e. The normalized spacial score (nSPS) is 11.4. The van der Waals surface area contributed by atoms with Gasteiger partial charge in [-0.25, -0.2) is 9.59 Å². The van der Waals surface area contributed by atoms with E-state index in [2.05, 4.69) is 47.2 Å². The molecule has 3 N–H and O–H groups in total. The zero-order valence-electron chi connectivity index (χ0n) is 10.9. The quantitative estimate of drug-likeness (QED) is 0.630. The number of hydrogen-bond acceptors (Lipinski definition) is 4. The van der Waals surface area contributed by atoms with Gasteiger partial charge in [0.25, 0.3) is 0 Å². The Labute approximate surface area is 137 Å². The van der Waals surface area contributed by atoms with E-state index in [1.807, 2.05) is 0 Å². The van der Waals surface area contributed by atoms with Gasteiger partial charge in [0, 0.05) is 8.95 Å². The third-order valence-corrected chi connectivity index (χ3v) is 3.72. The number of ether oxygens (including phenoxy) is 1. The molecule has 0 radical (unpaired) electrons. The van der Waals surface area contributed by atoms with Gasteiger partial charge in [-0.05, 0) is 44.0 Å². The molecular formula is C12H12Br2N2O5. The first-order chi connectivity index (χ1) is 9.85. The second-order valence-electron chi connectivity index (χ2n) is 3.87. The molecule has 9 heteroatoms. The Hall–Kier alpha value is -1.61. The minimum absolute atomic E-state index is 0.442. The lowest BCUT2D eigenvalue weighted by atomic mass is 10.2. The summed E-state index contributed by atoms with van der Waals surface area (Å²) in [7, 11) is 1.14. The van der Waals surface area contributed by atoms with Gasteiger partial charge in [0.05, 0.1) is 19.2 Å². The molecule has 1 aromatic carbocycles. The summed E-state index contributed by atoms with van der Waals surface area (Å²) in [6, 6.07) is 3.05. The molecule has 2 amide bonds. The van der Waals surface area contributed by atoms with Gasteiger partial charge >= 0.3 is 18.0 Å². The van der Waals surface area contributed by atoms with E-state index in [-0.39, 0.29) is 0 Å². The largest absolute Gasteiger partial charge is 0.480 e. The Morgan fingerprint density at radius 1 is 1.29 bits per heavy atom. The first kappa shape index (κ1) is 17.4. The fourth-order valence-corrected chi connectivity index (χ4v) is 2.57. The Bertz CT molecular complexity index is 544. The lowest BCUT2D eigenvalue weighted by Crippen LogP contribution is -2.44. The standard InChI is InChI=1S/C12H12Br2N2O5/c1-21-9(17)5-8(11(18)19)15-12(20)16-10-6(13)3-2-4-7(10)14/h2-4,8H,5H2,1H3,(H,18,19)(H2,15,16,20)/t8-/m0/s1. The van der Waals surface area contributed by atoms with Crippen LogP contribution in [-0.2, 0) is 14.3 Å². The second kappa shape index (κ2) is 7.99. The number of hydrogen-bond donors (Lipinski definition) is 3. The Morgan fingerprint density at radius 2 is 1.86 bits per heavy atom. The molecule has 0 saturated heterocycles. The monoisotopic (exact) mass is 422 g/mol. The van der Waals surface area contributed by atoms with E-state index in [1.165, 1.54) is 0 Å². The van der Waals surface area contributed by atoms with Gasteiger partial charge in [-0.3, -0.25) is 4.79 Å². The maximum atomic E-state index is 11.8. The number of carboxylic acid groups (broad SMARTS) is 1. The molecule has 0 aliphatic carbocycles. The number of urea groups is 1. The van der Waals surface area contributed by atoms with E-state index in [1.54, 1.807) is 18.2 Å². The molecule has 0 aliphatic heterocycles. The number of carbonyl (C=O) groups excluding carboxylic acids is 2. The molecule has 0 saturated carbocycles. The molecule has 0 aromatic heterocycles. The molecule has 0 unspecified atom stereocenters. The molecule has 1 atom stereocenters. The minimum Gasteiger partial charge on any atom is -0.480 e. The van der Waals surface area contributed by atoms with Crippen LogP contribution in [0.25, 0.3) is 0 Å². The Kier molecular flexibility index (Phi) is 6.63. The highest BCUT2D eigenvalue weighted by molar-refractivity contribution is 9.11. The zero-order valence-corrected chi connectivity index (χ0v) is 14.0. The van der Waals surface area contributed by atoms with Gasteiger partial charge in [0.15, 0.2) is 0 Å². The molecule has 0 heterocycles. The van der Waals surface area contributed by atoms with E-state index in [0.29, 0.717) is 14.6 Å². The summed E-state index contributed by atoms with van der Waals surface area (Å²) in [5.74, 6) is -2.06. The van der Waals surface area contributed by atoms with E-state index in [0.717, 1.165) is 7.11 Å². The van der Waals surface area contributed by atoms with Gasteiger partial charge in [-0.15, -0.1) is 0 Å². The molecular weight excluding hydrogens is 412 g/mol. The number of methoxy groups -OCH3 is 1. The first-order valence-corrected chi connectivity index (χ1v) is 7.25. The summed E-state index contributed by atoms with van der Waals surface area (Å²) < 4.78 is 5.61. The van der Waals surface area contributed by atoms with Gasteiger partial charge in [-0.2, -0.15) is 0 Å². The summed E-state index contributed by atoms with van der Waals surface area (Å²) in [6.07, 6.45) is -0.462. The number of halogens is 2. The molecule has 0 aliphatic rings. The molecule has 114 valence electrons. The fourth-order valence-electron chi connectivity index (χ4n) is 1.38. The summed E-state index contributed by atoms with van der Waals surface area (Å²) in [6.45, 7) is 0. The van der Waals surface area contributed by atoms with Gasteiger partial charge < -0.3 is 20.5 Å². The highest BCUT2D eigenvalue weighted by Gasteiger charge is 2.24. The van der Waals surface area contributed by atoms with Crippen molar-refractivity contribution in [3.63, 3.8) is 0 Å². The highest BCUT2D eigenvalue weighted by atomic mass is 79.9.